The monoisotopic (exact) mass is 211 g/mol. The molecule has 3 heteroatoms. The molecule has 2 rings (SSSR count). The van der Waals surface area contributed by atoms with Crippen LogP contribution in [0.2, 0.25) is 0 Å². The van der Waals surface area contributed by atoms with Gasteiger partial charge in [0.05, 0.1) is 0 Å². The Kier molecular flexibility index (Phi) is 2.34. The lowest BCUT2D eigenvalue weighted by molar-refractivity contribution is -0.138. The van der Waals surface area contributed by atoms with Crippen molar-refractivity contribution in [2.45, 2.75) is 52.0 Å². The zero-order valence-corrected chi connectivity index (χ0v) is 9.62. The number of rotatable bonds is 3. The largest absolute Gasteiger partial charge is 0.481 e. The third-order valence-corrected chi connectivity index (χ3v) is 5.43. The van der Waals surface area contributed by atoms with Gasteiger partial charge in [-0.05, 0) is 42.4 Å². The van der Waals surface area contributed by atoms with E-state index in [4.69, 9.17) is 10.8 Å². The van der Waals surface area contributed by atoms with Gasteiger partial charge in [0.25, 0.3) is 0 Å². The number of aliphatic carboxylic acids is 1. The Morgan fingerprint density at radius 2 is 2.20 bits per heavy atom. The highest BCUT2D eigenvalue weighted by molar-refractivity contribution is 5.66. The molecule has 0 amide bonds. The van der Waals surface area contributed by atoms with Gasteiger partial charge in [0.1, 0.15) is 0 Å². The van der Waals surface area contributed by atoms with E-state index >= 15 is 0 Å². The highest BCUT2D eigenvalue weighted by Gasteiger charge is 2.62. The molecule has 0 saturated heterocycles. The second kappa shape index (κ2) is 3.21. The van der Waals surface area contributed by atoms with E-state index < -0.39 is 5.97 Å². The van der Waals surface area contributed by atoms with E-state index in [1.165, 1.54) is 12.8 Å². The number of carbonyl (C=O) groups is 1. The Morgan fingerprint density at radius 3 is 2.60 bits per heavy atom. The molecular weight excluding hydrogens is 190 g/mol. The molecule has 0 aromatic heterocycles. The average Bonchev–Trinajstić information content (AvgIpc) is 2.50. The van der Waals surface area contributed by atoms with Crippen LogP contribution in [0.25, 0.3) is 0 Å². The zero-order valence-electron chi connectivity index (χ0n) is 9.62. The van der Waals surface area contributed by atoms with Crippen molar-refractivity contribution in [2.75, 3.05) is 0 Å². The van der Waals surface area contributed by atoms with E-state index in [2.05, 4.69) is 13.8 Å². The van der Waals surface area contributed by atoms with Crippen LogP contribution in [-0.4, -0.2) is 17.1 Å². The molecule has 2 saturated carbocycles. The number of carboxylic acids is 1. The molecule has 0 spiro atoms. The Bertz CT molecular complexity index is 291. The molecule has 0 heterocycles. The molecule has 3 N–H and O–H groups in total. The number of hydrogen-bond donors (Lipinski definition) is 2. The normalized spacial score (nSPS) is 48.5. The minimum absolute atomic E-state index is 0.158. The Morgan fingerprint density at radius 1 is 1.53 bits per heavy atom. The van der Waals surface area contributed by atoms with E-state index in [0.717, 1.165) is 12.8 Å². The summed E-state index contributed by atoms with van der Waals surface area (Å²) in [5.41, 5.74) is 6.52. The predicted molar refractivity (Wildman–Crippen MR) is 58.4 cm³/mol. The van der Waals surface area contributed by atoms with Crippen LogP contribution in [0.3, 0.4) is 0 Å². The highest BCUT2D eigenvalue weighted by atomic mass is 16.4. The Hall–Kier alpha value is -0.570. The topological polar surface area (TPSA) is 63.3 Å². The third-order valence-electron chi connectivity index (χ3n) is 5.43. The van der Waals surface area contributed by atoms with E-state index in [-0.39, 0.29) is 23.3 Å². The molecule has 2 aliphatic rings. The number of nitrogens with two attached hydrogens (primary N) is 1. The maximum Gasteiger partial charge on any atom is 0.303 e. The SMILES string of the molecule is C[C@]1(CCC(=O)O)[C@@H]2CC[C@@]1(C)[C@@H](N)C2. The molecule has 2 fully saturated rings. The van der Waals surface area contributed by atoms with Gasteiger partial charge < -0.3 is 10.8 Å². The van der Waals surface area contributed by atoms with E-state index in [1.807, 2.05) is 0 Å². The first-order valence-corrected chi connectivity index (χ1v) is 5.87. The Labute approximate surface area is 91.0 Å². The molecule has 4 atom stereocenters. The van der Waals surface area contributed by atoms with Crippen molar-refractivity contribution in [3.8, 4) is 0 Å². The summed E-state index contributed by atoms with van der Waals surface area (Å²) in [6.07, 6.45) is 4.58. The summed E-state index contributed by atoms with van der Waals surface area (Å²) in [5, 5.41) is 8.80. The van der Waals surface area contributed by atoms with Gasteiger partial charge in [-0.25, -0.2) is 0 Å². The molecule has 0 aromatic rings. The summed E-state index contributed by atoms with van der Waals surface area (Å²) < 4.78 is 0. The summed E-state index contributed by atoms with van der Waals surface area (Å²) in [4.78, 5) is 10.7. The molecule has 86 valence electrons. The molecular formula is C12H21NO2. The van der Waals surface area contributed by atoms with Crippen molar-refractivity contribution >= 4 is 5.97 Å². The fourth-order valence-corrected chi connectivity index (χ4v) is 3.95. The average molecular weight is 211 g/mol. The minimum Gasteiger partial charge on any atom is -0.481 e. The van der Waals surface area contributed by atoms with Crippen LogP contribution in [0.1, 0.15) is 46.0 Å². The van der Waals surface area contributed by atoms with Gasteiger partial charge in [0.15, 0.2) is 0 Å². The van der Waals surface area contributed by atoms with Gasteiger partial charge >= 0.3 is 5.97 Å². The summed E-state index contributed by atoms with van der Waals surface area (Å²) in [7, 11) is 0. The third kappa shape index (κ3) is 1.32. The maximum absolute atomic E-state index is 10.7. The van der Waals surface area contributed by atoms with Gasteiger partial charge in [-0.2, -0.15) is 0 Å². The fourth-order valence-electron chi connectivity index (χ4n) is 3.95. The van der Waals surface area contributed by atoms with Crippen LogP contribution in [0.4, 0.5) is 0 Å². The van der Waals surface area contributed by atoms with E-state index in [0.29, 0.717) is 5.92 Å². The maximum atomic E-state index is 10.7. The zero-order chi connectivity index (χ0) is 11.3. The first-order valence-electron chi connectivity index (χ1n) is 5.87. The molecule has 0 aliphatic heterocycles. The quantitative estimate of drug-likeness (QED) is 0.750. The molecule has 2 bridgehead atoms. The van der Waals surface area contributed by atoms with Crippen molar-refractivity contribution in [1.82, 2.24) is 0 Å². The molecule has 3 nitrogen and oxygen atoms in total. The van der Waals surface area contributed by atoms with Crippen molar-refractivity contribution in [3.05, 3.63) is 0 Å². The second-order valence-electron chi connectivity index (χ2n) is 5.81. The van der Waals surface area contributed by atoms with Gasteiger partial charge in [0, 0.05) is 12.5 Å². The van der Waals surface area contributed by atoms with Crippen LogP contribution in [0.15, 0.2) is 0 Å². The fraction of sp³-hybridized carbons (Fsp3) is 0.917. The lowest BCUT2D eigenvalue weighted by Gasteiger charge is -2.40. The predicted octanol–water partition coefficient (Wildman–Crippen LogP) is 2.00. The molecule has 15 heavy (non-hydrogen) atoms. The minimum atomic E-state index is -0.681. The summed E-state index contributed by atoms with van der Waals surface area (Å²) in [6, 6.07) is 0.273. The van der Waals surface area contributed by atoms with Gasteiger partial charge in [-0.3, -0.25) is 4.79 Å². The van der Waals surface area contributed by atoms with Crippen LogP contribution in [-0.2, 0) is 4.79 Å². The highest BCUT2D eigenvalue weighted by Crippen LogP contribution is 2.66. The number of hydrogen-bond acceptors (Lipinski definition) is 2. The Balaban J connectivity index is 2.17. The second-order valence-corrected chi connectivity index (χ2v) is 5.81. The first kappa shape index (κ1) is 10.9. The smallest absolute Gasteiger partial charge is 0.303 e. The van der Waals surface area contributed by atoms with Gasteiger partial charge in [-0.1, -0.05) is 13.8 Å². The standard InChI is InChI=1S/C12H21NO2/c1-11(6-4-10(14)15)8-3-5-12(11,2)9(13)7-8/h8-9H,3-7,13H2,1-2H3,(H,14,15)/t8-,9+,11+,12+/m1/s1. The number of fused-ring (bicyclic) bond motifs is 2. The molecule has 0 aromatic carbocycles. The summed E-state index contributed by atoms with van der Waals surface area (Å²) in [5.74, 6) is -0.0310. The van der Waals surface area contributed by atoms with Crippen molar-refractivity contribution in [2.24, 2.45) is 22.5 Å². The summed E-state index contributed by atoms with van der Waals surface area (Å²) >= 11 is 0. The van der Waals surface area contributed by atoms with E-state index in [9.17, 15) is 4.79 Å². The molecule has 2 aliphatic carbocycles. The summed E-state index contributed by atoms with van der Waals surface area (Å²) in [6.45, 7) is 4.51. The lowest BCUT2D eigenvalue weighted by Crippen LogP contribution is -2.42. The van der Waals surface area contributed by atoms with Crippen LogP contribution in [0, 0.1) is 16.7 Å². The van der Waals surface area contributed by atoms with Crippen molar-refractivity contribution < 1.29 is 9.90 Å². The van der Waals surface area contributed by atoms with E-state index in [1.54, 1.807) is 0 Å². The van der Waals surface area contributed by atoms with Crippen LogP contribution < -0.4 is 5.73 Å². The number of carboxylic acid groups (broad SMARTS) is 1. The molecule has 0 radical (unpaired) electrons. The lowest BCUT2D eigenvalue weighted by atomic mass is 9.65. The first-order chi connectivity index (χ1) is 6.90. The van der Waals surface area contributed by atoms with Crippen LogP contribution >= 0.6 is 0 Å². The molecule has 0 unspecified atom stereocenters. The van der Waals surface area contributed by atoms with Gasteiger partial charge in [0.2, 0.25) is 0 Å². The van der Waals surface area contributed by atoms with Crippen molar-refractivity contribution in [1.29, 1.82) is 0 Å². The van der Waals surface area contributed by atoms with Crippen molar-refractivity contribution in [3.63, 3.8) is 0 Å². The van der Waals surface area contributed by atoms with Gasteiger partial charge in [-0.15, -0.1) is 0 Å². The van der Waals surface area contributed by atoms with Crippen LogP contribution in [0.5, 0.6) is 0 Å².